The van der Waals surface area contributed by atoms with Gasteiger partial charge in [-0.05, 0) is 30.9 Å². The number of ether oxygens (including phenoxy) is 1. The normalized spacial score (nSPS) is 17.7. The topological polar surface area (TPSA) is 87.3 Å². The van der Waals surface area contributed by atoms with Gasteiger partial charge >= 0.3 is 0 Å². The minimum absolute atomic E-state index is 0.0324. The standard InChI is InChI=1S/C17H22N4O2.C2H6O/c1-11(2)15(18-10-22)17(23)21-9-5-8-14(21)16-19-12-6-3-4-7-13(12)20-16;1-3-2/h3-4,6-7,10-11,14-15H,5,8-9H2,1-2H3,(H,18,22)(H,19,20);1-2H3. The summed E-state index contributed by atoms with van der Waals surface area (Å²) in [5, 5.41) is 2.65. The van der Waals surface area contributed by atoms with Crippen molar-refractivity contribution in [1.29, 1.82) is 0 Å². The zero-order valence-corrected chi connectivity index (χ0v) is 15.9. The van der Waals surface area contributed by atoms with Crippen LogP contribution in [0.1, 0.15) is 38.6 Å². The molecule has 26 heavy (non-hydrogen) atoms. The lowest BCUT2D eigenvalue weighted by Crippen LogP contribution is -2.48. The molecule has 0 aliphatic carbocycles. The van der Waals surface area contributed by atoms with Gasteiger partial charge in [0.05, 0.1) is 17.1 Å². The number of carbonyl (C=O) groups excluding carboxylic acids is 2. The third kappa shape index (κ3) is 4.40. The fourth-order valence-electron chi connectivity index (χ4n) is 3.25. The number of hydrogen-bond acceptors (Lipinski definition) is 4. The summed E-state index contributed by atoms with van der Waals surface area (Å²) in [4.78, 5) is 33.5. The molecule has 7 heteroatoms. The third-order valence-electron chi connectivity index (χ3n) is 4.44. The monoisotopic (exact) mass is 360 g/mol. The van der Waals surface area contributed by atoms with Crippen LogP contribution in [0.4, 0.5) is 0 Å². The lowest BCUT2D eigenvalue weighted by molar-refractivity contribution is -0.137. The Morgan fingerprint density at radius 3 is 2.69 bits per heavy atom. The lowest BCUT2D eigenvalue weighted by atomic mass is 10.0. The number of benzene rings is 1. The number of hydrogen-bond donors (Lipinski definition) is 2. The van der Waals surface area contributed by atoms with Gasteiger partial charge in [0.25, 0.3) is 0 Å². The lowest BCUT2D eigenvalue weighted by Gasteiger charge is -2.29. The number of nitrogens with one attached hydrogen (secondary N) is 2. The molecule has 0 saturated carbocycles. The van der Waals surface area contributed by atoms with Crippen LogP contribution < -0.4 is 5.32 Å². The van der Waals surface area contributed by atoms with Gasteiger partial charge in [-0.3, -0.25) is 9.59 Å². The van der Waals surface area contributed by atoms with Gasteiger partial charge in [0, 0.05) is 20.8 Å². The summed E-state index contributed by atoms with van der Waals surface area (Å²) in [6.45, 7) is 4.57. The highest BCUT2D eigenvalue weighted by Crippen LogP contribution is 2.32. The number of rotatable bonds is 5. The van der Waals surface area contributed by atoms with Gasteiger partial charge < -0.3 is 19.9 Å². The van der Waals surface area contributed by atoms with Gasteiger partial charge in [-0.15, -0.1) is 0 Å². The molecule has 1 aromatic carbocycles. The van der Waals surface area contributed by atoms with Gasteiger partial charge in [-0.25, -0.2) is 4.98 Å². The van der Waals surface area contributed by atoms with E-state index in [0.29, 0.717) is 13.0 Å². The highest BCUT2D eigenvalue weighted by atomic mass is 16.4. The fraction of sp³-hybridized carbons (Fsp3) is 0.526. The van der Waals surface area contributed by atoms with Crippen molar-refractivity contribution in [3.05, 3.63) is 30.1 Å². The van der Waals surface area contributed by atoms with Crippen molar-refractivity contribution in [2.45, 2.75) is 38.8 Å². The minimum Gasteiger partial charge on any atom is -0.388 e. The average Bonchev–Trinajstić information content (AvgIpc) is 3.25. The molecule has 3 rings (SSSR count). The highest BCUT2D eigenvalue weighted by molar-refractivity contribution is 5.84. The Kier molecular flexibility index (Phi) is 7.15. The number of amides is 2. The Labute approximate surface area is 154 Å². The van der Waals surface area contributed by atoms with E-state index in [9.17, 15) is 9.59 Å². The molecule has 0 spiro atoms. The second-order valence-electron chi connectivity index (χ2n) is 6.74. The van der Waals surface area contributed by atoms with E-state index in [1.54, 1.807) is 14.2 Å². The van der Waals surface area contributed by atoms with Crippen molar-refractivity contribution in [3.8, 4) is 0 Å². The molecule has 7 nitrogen and oxygen atoms in total. The van der Waals surface area contributed by atoms with Crippen LogP contribution in [0.25, 0.3) is 11.0 Å². The maximum atomic E-state index is 12.8. The summed E-state index contributed by atoms with van der Waals surface area (Å²) >= 11 is 0. The first kappa shape index (κ1) is 19.9. The molecule has 0 radical (unpaired) electrons. The number of H-pyrrole nitrogens is 1. The van der Waals surface area contributed by atoms with Crippen molar-refractivity contribution in [2.75, 3.05) is 20.8 Å². The van der Waals surface area contributed by atoms with Crippen LogP contribution in [-0.4, -0.2) is 54.0 Å². The Morgan fingerprint density at radius 2 is 2.08 bits per heavy atom. The molecule has 142 valence electrons. The number of nitrogens with zero attached hydrogens (tertiary/aromatic N) is 2. The second kappa shape index (κ2) is 9.33. The molecular weight excluding hydrogens is 332 g/mol. The van der Waals surface area contributed by atoms with Crippen LogP contribution in [-0.2, 0) is 14.3 Å². The smallest absolute Gasteiger partial charge is 0.246 e. The maximum absolute atomic E-state index is 12.8. The van der Waals surface area contributed by atoms with Crippen molar-refractivity contribution in [1.82, 2.24) is 20.2 Å². The third-order valence-corrected chi connectivity index (χ3v) is 4.44. The van der Waals surface area contributed by atoms with Crippen LogP contribution >= 0.6 is 0 Å². The second-order valence-corrected chi connectivity index (χ2v) is 6.74. The van der Waals surface area contributed by atoms with Gasteiger partial charge in [0.15, 0.2) is 0 Å². The molecule has 2 amide bonds. The molecular formula is C19H28N4O3. The first-order valence-corrected chi connectivity index (χ1v) is 8.88. The van der Waals surface area contributed by atoms with E-state index in [2.05, 4.69) is 20.0 Å². The van der Waals surface area contributed by atoms with Crippen LogP contribution in [0.5, 0.6) is 0 Å². The number of carbonyl (C=O) groups is 2. The molecule has 1 aromatic heterocycles. The van der Waals surface area contributed by atoms with Crippen LogP contribution in [0.2, 0.25) is 0 Å². The zero-order valence-electron chi connectivity index (χ0n) is 15.9. The number of imidazole rings is 1. The molecule has 2 aromatic rings. The molecule has 1 aliphatic heterocycles. The maximum Gasteiger partial charge on any atom is 0.246 e. The van der Waals surface area contributed by atoms with Crippen LogP contribution in [0, 0.1) is 5.92 Å². The first-order chi connectivity index (χ1) is 12.5. The SMILES string of the molecule is CC(C)C(NC=O)C(=O)N1CCCC1c1nc2ccccc2[nH]1.COC. The van der Waals surface area contributed by atoms with Crippen molar-refractivity contribution in [2.24, 2.45) is 5.92 Å². The largest absolute Gasteiger partial charge is 0.388 e. The Hall–Kier alpha value is -2.41. The van der Waals surface area contributed by atoms with Crippen molar-refractivity contribution in [3.63, 3.8) is 0 Å². The number of aromatic nitrogens is 2. The first-order valence-electron chi connectivity index (χ1n) is 8.88. The molecule has 0 bridgehead atoms. The van der Waals surface area contributed by atoms with Crippen molar-refractivity contribution < 1.29 is 14.3 Å². The van der Waals surface area contributed by atoms with E-state index >= 15 is 0 Å². The van der Waals surface area contributed by atoms with E-state index in [4.69, 9.17) is 0 Å². The van der Waals surface area contributed by atoms with E-state index in [0.717, 1.165) is 29.7 Å². The van der Waals surface area contributed by atoms with E-state index in [-0.39, 0.29) is 17.9 Å². The van der Waals surface area contributed by atoms with Crippen LogP contribution in [0.3, 0.4) is 0 Å². The minimum atomic E-state index is -0.488. The quantitative estimate of drug-likeness (QED) is 0.801. The predicted octanol–water partition coefficient (Wildman–Crippen LogP) is 2.26. The Bertz CT molecular complexity index is 695. The van der Waals surface area contributed by atoms with Gasteiger partial charge in [0.2, 0.25) is 12.3 Å². The van der Waals surface area contributed by atoms with E-state index in [1.165, 1.54) is 0 Å². The highest BCUT2D eigenvalue weighted by Gasteiger charge is 2.36. The van der Waals surface area contributed by atoms with Crippen molar-refractivity contribution >= 4 is 23.4 Å². The molecule has 1 fully saturated rings. The summed E-state index contributed by atoms with van der Waals surface area (Å²) in [6, 6.07) is 7.32. The predicted molar refractivity (Wildman–Crippen MR) is 101 cm³/mol. The summed E-state index contributed by atoms with van der Waals surface area (Å²) in [5.41, 5.74) is 1.89. The number of para-hydroxylation sites is 2. The van der Waals surface area contributed by atoms with Crippen LogP contribution in [0.15, 0.2) is 24.3 Å². The van der Waals surface area contributed by atoms with E-state index < -0.39 is 6.04 Å². The number of fused-ring (bicyclic) bond motifs is 1. The summed E-state index contributed by atoms with van der Waals surface area (Å²) in [6.07, 6.45) is 2.44. The van der Waals surface area contributed by atoms with Gasteiger partial charge in [-0.2, -0.15) is 0 Å². The molecule has 2 unspecified atom stereocenters. The Balaban J connectivity index is 0.000000758. The molecule has 2 N–H and O–H groups in total. The molecule has 1 aliphatic rings. The summed E-state index contributed by atoms with van der Waals surface area (Å²) < 4.78 is 4.25. The average molecular weight is 360 g/mol. The number of likely N-dealkylation sites (tertiary alicyclic amines) is 1. The summed E-state index contributed by atoms with van der Waals surface area (Å²) in [5.74, 6) is 0.838. The zero-order chi connectivity index (χ0) is 19.1. The molecule has 1 saturated heterocycles. The van der Waals surface area contributed by atoms with Gasteiger partial charge in [-0.1, -0.05) is 26.0 Å². The molecule has 2 heterocycles. The molecule has 2 atom stereocenters. The number of aromatic amines is 1. The fourth-order valence-corrected chi connectivity index (χ4v) is 3.25. The van der Waals surface area contributed by atoms with E-state index in [1.807, 2.05) is 43.0 Å². The van der Waals surface area contributed by atoms with Gasteiger partial charge in [0.1, 0.15) is 11.9 Å². The Morgan fingerprint density at radius 1 is 1.38 bits per heavy atom. The number of methoxy groups -OCH3 is 1. The summed E-state index contributed by atoms with van der Waals surface area (Å²) in [7, 11) is 3.25.